The van der Waals surface area contributed by atoms with E-state index < -0.39 is 18.2 Å². The van der Waals surface area contributed by atoms with Crippen LogP contribution >= 0.6 is 0 Å². The molecule has 10 heteroatoms. The molecule has 3 aromatic rings. The van der Waals surface area contributed by atoms with Gasteiger partial charge in [0.2, 0.25) is 0 Å². The first-order valence-corrected chi connectivity index (χ1v) is 15.6. The minimum absolute atomic E-state index is 0.0300. The van der Waals surface area contributed by atoms with Gasteiger partial charge in [-0.05, 0) is 41.8 Å². The van der Waals surface area contributed by atoms with Crippen LogP contribution in [0.4, 0.5) is 0 Å². The summed E-state index contributed by atoms with van der Waals surface area (Å²) in [7, 11) is 3.11. The highest BCUT2D eigenvalue weighted by Gasteiger charge is 2.41. The summed E-state index contributed by atoms with van der Waals surface area (Å²) in [5.41, 5.74) is 1.77. The van der Waals surface area contributed by atoms with E-state index in [1.807, 2.05) is 61.4 Å². The van der Waals surface area contributed by atoms with Crippen LogP contribution in [0.5, 0.6) is 11.5 Å². The lowest BCUT2D eigenvalue weighted by Gasteiger charge is -2.37. The molecule has 0 saturated carbocycles. The SMILES string of the molecule is C=O.COCOc1ccc(C2OCC(C)(C)CO2)cc1C(O)(c1cccc(CCO)c1)c1cc(C2OCC(C)(C)CO2)ccc1OC. The van der Waals surface area contributed by atoms with Crippen molar-refractivity contribution >= 4 is 6.79 Å². The molecule has 2 fully saturated rings. The smallest absolute Gasteiger partial charge is 0.188 e. The number of aliphatic hydroxyl groups is 2. The third-order valence-electron chi connectivity index (χ3n) is 8.13. The second-order valence-corrected chi connectivity index (χ2v) is 13.4. The fraction of sp³-hybridized carbons (Fsp3) is 0.486. The van der Waals surface area contributed by atoms with Crippen molar-refractivity contribution in [1.29, 1.82) is 0 Å². The van der Waals surface area contributed by atoms with Crippen LogP contribution < -0.4 is 9.47 Å². The van der Waals surface area contributed by atoms with Crippen LogP contribution in [0.2, 0.25) is 0 Å². The van der Waals surface area contributed by atoms with Crippen LogP contribution in [-0.4, -0.2) is 71.0 Å². The molecule has 0 aliphatic carbocycles. The topological polar surface area (TPSA) is 122 Å². The van der Waals surface area contributed by atoms with Crippen LogP contribution in [0.25, 0.3) is 0 Å². The average Bonchev–Trinajstić information content (AvgIpc) is 3.08. The Balaban J connectivity index is 0.00000245. The molecule has 0 spiro atoms. The first-order valence-electron chi connectivity index (χ1n) is 15.6. The summed E-state index contributed by atoms with van der Waals surface area (Å²) in [6.07, 6.45) is -0.817. The normalized spacial score (nSPS) is 19.2. The molecule has 2 N–H and O–H groups in total. The number of hydrogen-bond acceptors (Lipinski definition) is 10. The number of carbonyl (C=O) groups excluding carboxylic acids is 1. The number of rotatable bonds is 11. The molecule has 0 amide bonds. The van der Waals surface area contributed by atoms with E-state index in [4.69, 9.17) is 38.0 Å². The zero-order valence-corrected chi connectivity index (χ0v) is 28.2. The zero-order valence-electron chi connectivity index (χ0n) is 28.2. The van der Waals surface area contributed by atoms with Gasteiger partial charge < -0.3 is 48.2 Å². The molecule has 1 unspecified atom stereocenters. The van der Waals surface area contributed by atoms with Crippen molar-refractivity contribution in [2.75, 3.05) is 54.0 Å². The monoisotopic (exact) mass is 652 g/mol. The van der Waals surface area contributed by atoms with Gasteiger partial charge in [0.25, 0.3) is 0 Å². The number of aliphatic hydroxyl groups excluding tert-OH is 1. The maximum absolute atomic E-state index is 13.3. The van der Waals surface area contributed by atoms with Crippen molar-refractivity contribution in [1.82, 2.24) is 0 Å². The molecule has 2 aliphatic rings. The van der Waals surface area contributed by atoms with Crippen molar-refractivity contribution < 1.29 is 48.2 Å². The Labute approximate surface area is 277 Å². The van der Waals surface area contributed by atoms with Gasteiger partial charge in [0.15, 0.2) is 19.4 Å². The van der Waals surface area contributed by atoms with E-state index in [-0.39, 0.29) is 24.2 Å². The maximum atomic E-state index is 13.3. The van der Waals surface area contributed by atoms with Gasteiger partial charge in [0, 0.05) is 46.8 Å². The second kappa shape index (κ2) is 15.7. The predicted molar refractivity (Wildman–Crippen MR) is 175 cm³/mol. The van der Waals surface area contributed by atoms with E-state index >= 15 is 0 Å². The predicted octanol–water partition coefficient (Wildman–Crippen LogP) is 5.46. The Bertz CT molecular complexity index is 1450. The largest absolute Gasteiger partial charge is 0.496 e. The lowest BCUT2D eigenvalue weighted by molar-refractivity contribution is -0.226. The van der Waals surface area contributed by atoms with Gasteiger partial charge in [-0.15, -0.1) is 0 Å². The van der Waals surface area contributed by atoms with Crippen molar-refractivity contribution in [2.24, 2.45) is 10.8 Å². The van der Waals surface area contributed by atoms with Gasteiger partial charge >= 0.3 is 0 Å². The van der Waals surface area contributed by atoms with Crippen molar-refractivity contribution in [2.45, 2.75) is 52.3 Å². The third kappa shape index (κ3) is 8.39. The fourth-order valence-electron chi connectivity index (χ4n) is 5.69. The van der Waals surface area contributed by atoms with Gasteiger partial charge in [-0.1, -0.05) is 64.1 Å². The highest BCUT2D eigenvalue weighted by molar-refractivity contribution is 5.58. The molecule has 2 saturated heterocycles. The molecular formula is C37H48O10. The van der Waals surface area contributed by atoms with E-state index in [2.05, 4.69) is 27.7 Å². The lowest BCUT2D eigenvalue weighted by atomic mass is 9.77. The van der Waals surface area contributed by atoms with Crippen LogP contribution in [0, 0.1) is 10.8 Å². The Hall–Kier alpha value is -3.35. The van der Waals surface area contributed by atoms with Gasteiger partial charge in [0.05, 0.1) is 33.5 Å². The molecule has 2 heterocycles. The highest BCUT2D eigenvalue weighted by atomic mass is 16.7. The molecule has 0 radical (unpaired) electrons. The quantitative estimate of drug-likeness (QED) is 0.204. The minimum Gasteiger partial charge on any atom is -0.496 e. The van der Waals surface area contributed by atoms with Gasteiger partial charge in [-0.3, -0.25) is 0 Å². The molecule has 1 atom stereocenters. The summed E-state index contributed by atoms with van der Waals surface area (Å²) < 4.78 is 41.8. The van der Waals surface area contributed by atoms with E-state index in [1.165, 1.54) is 0 Å². The van der Waals surface area contributed by atoms with Crippen LogP contribution in [0.1, 0.15) is 73.7 Å². The van der Waals surface area contributed by atoms with Crippen molar-refractivity contribution in [3.63, 3.8) is 0 Å². The summed E-state index contributed by atoms with van der Waals surface area (Å²) in [6, 6.07) is 18.6. The van der Waals surface area contributed by atoms with Crippen LogP contribution in [0.3, 0.4) is 0 Å². The average molecular weight is 653 g/mol. The molecule has 2 aliphatic heterocycles. The Morgan fingerprint density at radius 2 is 1.30 bits per heavy atom. The van der Waals surface area contributed by atoms with E-state index in [0.717, 1.165) is 16.7 Å². The number of benzene rings is 3. The highest BCUT2D eigenvalue weighted by Crippen LogP contribution is 2.47. The molecule has 256 valence electrons. The summed E-state index contributed by atoms with van der Waals surface area (Å²) in [5.74, 6) is 0.867. The number of hydrogen-bond donors (Lipinski definition) is 2. The van der Waals surface area contributed by atoms with Gasteiger partial charge in [0.1, 0.15) is 23.9 Å². The molecule has 47 heavy (non-hydrogen) atoms. The summed E-state index contributed by atoms with van der Waals surface area (Å²) in [6.45, 7) is 12.4. The Morgan fingerprint density at radius 1 is 0.787 bits per heavy atom. The summed E-state index contributed by atoms with van der Waals surface area (Å²) in [4.78, 5) is 8.00. The molecule has 5 rings (SSSR count). The molecular weight excluding hydrogens is 604 g/mol. The van der Waals surface area contributed by atoms with Crippen LogP contribution in [0.15, 0.2) is 60.7 Å². The van der Waals surface area contributed by atoms with Gasteiger partial charge in [-0.25, -0.2) is 0 Å². The molecule has 0 bridgehead atoms. The second-order valence-electron chi connectivity index (χ2n) is 13.4. The zero-order chi connectivity index (χ0) is 34.2. The summed E-state index contributed by atoms with van der Waals surface area (Å²) >= 11 is 0. The number of ether oxygens (including phenoxy) is 7. The van der Waals surface area contributed by atoms with Crippen molar-refractivity contribution in [3.8, 4) is 11.5 Å². The Kier molecular flexibility index (Phi) is 12.2. The van der Waals surface area contributed by atoms with E-state index in [9.17, 15) is 10.2 Å². The fourth-order valence-corrected chi connectivity index (χ4v) is 5.69. The number of carbonyl (C=O) groups is 1. The molecule has 10 nitrogen and oxygen atoms in total. The lowest BCUT2D eigenvalue weighted by Crippen LogP contribution is -2.35. The standard InChI is InChI=1S/C36H46O9.CH2O/c1-34(2)19-41-32(42-20-34)25-10-12-30(40-6)28(17-25)36(38,27-9-7-8-24(16-27)14-15-37)29-18-26(11-13-31(29)45-23-39-5)33-43-21-35(3,4)22-44-33;1-2/h7-13,16-18,32-33,37-38H,14-15,19-23H2,1-6H3;1H2. The maximum Gasteiger partial charge on any atom is 0.188 e. The molecule has 3 aromatic carbocycles. The van der Waals surface area contributed by atoms with E-state index in [0.29, 0.717) is 61.0 Å². The van der Waals surface area contributed by atoms with Crippen LogP contribution in [-0.2, 0) is 40.5 Å². The van der Waals surface area contributed by atoms with Gasteiger partial charge in [-0.2, -0.15) is 0 Å². The minimum atomic E-state index is -1.81. The first kappa shape index (κ1) is 36.5. The molecule has 0 aromatic heterocycles. The third-order valence-corrected chi connectivity index (χ3v) is 8.13. The Morgan fingerprint density at radius 3 is 1.79 bits per heavy atom. The number of methoxy groups -OCH3 is 2. The first-order chi connectivity index (χ1) is 22.5. The van der Waals surface area contributed by atoms with Crippen molar-refractivity contribution in [3.05, 3.63) is 94.0 Å². The summed E-state index contributed by atoms with van der Waals surface area (Å²) in [5, 5.41) is 23.0. The van der Waals surface area contributed by atoms with E-state index in [1.54, 1.807) is 20.3 Å².